The van der Waals surface area contributed by atoms with Crippen molar-refractivity contribution >= 4 is 40.3 Å². The van der Waals surface area contributed by atoms with Gasteiger partial charge >= 0.3 is 0 Å². The molecule has 0 fully saturated rings. The Bertz CT molecular complexity index is 1300. The number of carbonyl (C=O) groups is 2. The topological polar surface area (TPSA) is 85.2 Å². The summed E-state index contributed by atoms with van der Waals surface area (Å²) in [5.41, 5.74) is 3.09. The molecule has 1 aromatic heterocycles. The van der Waals surface area contributed by atoms with Crippen LogP contribution in [0.1, 0.15) is 16.2 Å². The quantitative estimate of drug-likeness (QED) is 0.384. The maximum Gasteiger partial charge on any atom is 0.252 e. The lowest BCUT2D eigenvalue weighted by atomic mass is 10.2. The SMILES string of the molecule is COc1cccc(NC(=O)CSc2ccccc2C(=O)NCc2nc3ccccc3n2C)c1. The molecule has 4 rings (SSSR count). The summed E-state index contributed by atoms with van der Waals surface area (Å²) in [4.78, 5) is 30.6. The van der Waals surface area contributed by atoms with E-state index in [0.717, 1.165) is 21.8 Å². The molecule has 2 amide bonds. The largest absolute Gasteiger partial charge is 0.497 e. The highest BCUT2D eigenvalue weighted by atomic mass is 32.2. The summed E-state index contributed by atoms with van der Waals surface area (Å²) in [5.74, 6) is 1.24. The van der Waals surface area contributed by atoms with Crippen molar-refractivity contribution in [2.24, 2.45) is 7.05 Å². The molecular formula is C25H24N4O3S. The molecule has 1 heterocycles. The van der Waals surface area contributed by atoms with E-state index in [1.54, 1.807) is 25.3 Å². The van der Waals surface area contributed by atoms with E-state index in [4.69, 9.17) is 4.74 Å². The number of aryl methyl sites for hydroxylation is 1. The van der Waals surface area contributed by atoms with Gasteiger partial charge in [-0.2, -0.15) is 0 Å². The average Bonchev–Trinajstić information content (AvgIpc) is 3.17. The number of carbonyl (C=O) groups excluding carboxylic acids is 2. The molecule has 4 aromatic rings. The average molecular weight is 461 g/mol. The highest BCUT2D eigenvalue weighted by molar-refractivity contribution is 8.00. The molecule has 2 N–H and O–H groups in total. The van der Waals surface area contributed by atoms with E-state index in [1.165, 1.54) is 11.8 Å². The molecule has 0 aliphatic rings. The van der Waals surface area contributed by atoms with E-state index < -0.39 is 0 Å². The minimum atomic E-state index is -0.210. The first-order valence-corrected chi connectivity index (χ1v) is 11.4. The van der Waals surface area contributed by atoms with Crippen molar-refractivity contribution in [2.45, 2.75) is 11.4 Å². The van der Waals surface area contributed by atoms with Crippen molar-refractivity contribution in [1.29, 1.82) is 0 Å². The molecule has 8 heteroatoms. The number of benzene rings is 3. The summed E-state index contributed by atoms with van der Waals surface area (Å²) in [6.45, 7) is 0.305. The first-order valence-electron chi connectivity index (χ1n) is 10.4. The van der Waals surface area contributed by atoms with Crippen molar-refractivity contribution in [1.82, 2.24) is 14.9 Å². The first kappa shape index (κ1) is 22.4. The van der Waals surface area contributed by atoms with Gasteiger partial charge in [0.25, 0.3) is 5.91 Å². The summed E-state index contributed by atoms with van der Waals surface area (Å²) in [6.07, 6.45) is 0. The van der Waals surface area contributed by atoms with Crippen molar-refractivity contribution in [3.8, 4) is 5.75 Å². The second-order valence-corrected chi connectivity index (χ2v) is 8.34. The molecular weight excluding hydrogens is 436 g/mol. The number of ether oxygens (including phenoxy) is 1. The lowest BCUT2D eigenvalue weighted by molar-refractivity contribution is -0.113. The van der Waals surface area contributed by atoms with E-state index in [-0.39, 0.29) is 17.6 Å². The Morgan fingerprint density at radius 2 is 1.82 bits per heavy atom. The van der Waals surface area contributed by atoms with Crippen molar-refractivity contribution in [3.05, 3.63) is 84.2 Å². The van der Waals surface area contributed by atoms with Crippen molar-refractivity contribution < 1.29 is 14.3 Å². The number of anilines is 1. The molecule has 0 spiro atoms. The summed E-state index contributed by atoms with van der Waals surface area (Å²) >= 11 is 1.32. The summed E-state index contributed by atoms with van der Waals surface area (Å²) in [7, 11) is 3.51. The fraction of sp³-hybridized carbons (Fsp3) is 0.160. The van der Waals surface area contributed by atoms with E-state index in [1.807, 2.05) is 66.2 Å². The number of nitrogens with one attached hydrogen (secondary N) is 2. The molecule has 168 valence electrons. The van der Waals surface area contributed by atoms with E-state index in [9.17, 15) is 9.59 Å². The monoisotopic (exact) mass is 460 g/mol. The Kier molecular flexibility index (Phi) is 6.95. The number of aromatic nitrogens is 2. The number of fused-ring (bicyclic) bond motifs is 1. The van der Waals surface area contributed by atoms with Gasteiger partial charge in [-0.1, -0.05) is 30.3 Å². The Labute approximate surface area is 196 Å². The lowest BCUT2D eigenvalue weighted by Crippen LogP contribution is -2.25. The number of hydrogen-bond donors (Lipinski definition) is 2. The number of para-hydroxylation sites is 2. The van der Waals surface area contributed by atoms with E-state index >= 15 is 0 Å². The minimum absolute atomic E-state index is 0.164. The van der Waals surface area contributed by atoms with Crippen LogP contribution in [0.2, 0.25) is 0 Å². The zero-order valence-electron chi connectivity index (χ0n) is 18.4. The number of rotatable bonds is 8. The van der Waals surface area contributed by atoms with Crippen LogP contribution in [-0.4, -0.2) is 34.2 Å². The van der Waals surface area contributed by atoms with Crippen LogP contribution >= 0.6 is 11.8 Å². The van der Waals surface area contributed by atoms with Crippen LogP contribution in [0.25, 0.3) is 11.0 Å². The molecule has 0 aliphatic carbocycles. The van der Waals surface area contributed by atoms with Gasteiger partial charge in [0.15, 0.2) is 0 Å². The molecule has 7 nitrogen and oxygen atoms in total. The number of thioether (sulfide) groups is 1. The minimum Gasteiger partial charge on any atom is -0.497 e. The van der Waals surface area contributed by atoms with Crippen LogP contribution in [-0.2, 0) is 18.4 Å². The van der Waals surface area contributed by atoms with Gasteiger partial charge in [-0.3, -0.25) is 9.59 Å². The van der Waals surface area contributed by atoms with E-state index in [2.05, 4.69) is 15.6 Å². The Morgan fingerprint density at radius 3 is 2.64 bits per heavy atom. The molecule has 0 radical (unpaired) electrons. The Hall–Kier alpha value is -3.78. The fourth-order valence-electron chi connectivity index (χ4n) is 3.43. The predicted octanol–water partition coefficient (Wildman–Crippen LogP) is 4.24. The number of hydrogen-bond acceptors (Lipinski definition) is 5. The van der Waals surface area contributed by atoms with Gasteiger partial charge in [0.2, 0.25) is 5.91 Å². The molecule has 3 aromatic carbocycles. The van der Waals surface area contributed by atoms with Crippen LogP contribution < -0.4 is 15.4 Å². The highest BCUT2D eigenvalue weighted by Crippen LogP contribution is 2.24. The summed E-state index contributed by atoms with van der Waals surface area (Å²) < 4.78 is 7.15. The molecule has 0 unspecified atom stereocenters. The third-order valence-corrected chi connectivity index (χ3v) is 6.20. The van der Waals surface area contributed by atoms with Crippen molar-refractivity contribution in [3.63, 3.8) is 0 Å². The zero-order valence-corrected chi connectivity index (χ0v) is 19.2. The van der Waals surface area contributed by atoms with Gasteiger partial charge in [-0.15, -0.1) is 11.8 Å². The zero-order chi connectivity index (χ0) is 23.2. The van der Waals surface area contributed by atoms with Crippen LogP contribution in [0, 0.1) is 0 Å². The number of imidazole rings is 1. The number of nitrogens with zero attached hydrogens (tertiary/aromatic N) is 2. The number of methoxy groups -OCH3 is 1. The van der Waals surface area contributed by atoms with Crippen molar-refractivity contribution in [2.75, 3.05) is 18.2 Å². The molecule has 0 saturated carbocycles. The van der Waals surface area contributed by atoms with Gasteiger partial charge < -0.3 is 19.9 Å². The van der Waals surface area contributed by atoms with Gasteiger partial charge in [0.1, 0.15) is 11.6 Å². The fourth-order valence-corrected chi connectivity index (χ4v) is 4.28. The van der Waals surface area contributed by atoms with Gasteiger partial charge in [0, 0.05) is 23.7 Å². The van der Waals surface area contributed by atoms with Gasteiger partial charge in [0.05, 0.1) is 36.0 Å². The van der Waals surface area contributed by atoms with Crippen LogP contribution in [0.5, 0.6) is 5.75 Å². The smallest absolute Gasteiger partial charge is 0.252 e. The van der Waals surface area contributed by atoms with Gasteiger partial charge in [-0.05, 0) is 36.4 Å². The molecule has 0 saturated heterocycles. The van der Waals surface area contributed by atoms with Crippen LogP contribution in [0.3, 0.4) is 0 Å². The first-order chi connectivity index (χ1) is 16.0. The Morgan fingerprint density at radius 1 is 1.03 bits per heavy atom. The maximum absolute atomic E-state index is 12.9. The van der Waals surface area contributed by atoms with Gasteiger partial charge in [-0.25, -0.2) is 4.98 Å². The van der Waals surface area contributed by atoms with E-state index in [0.29, 0.717) is 23.5 Å². The van der Waals surface area contributed by atoms with Crippen LogP contribution in [0.4, 0.5) is 5.69 Å². The third kappa shape index (κ3) is 5.35. The summed E-state index contributed by atoms with van der Waals surface area (Å²) in [6, 6.07) is 22.3. The molecule has 0 bridgehead atoms. The number of amides is 2. The maximum atomic E-state index is 12.9. The highest BCUT2D eigenvalue weighted by Gasteiger charge is 2.14. The summed E-state index contributed by atoms with van der Waals surface area (Å²) in [5, 5.41) is 5.80. The predicted molar refractivity (Wildman–Crippen MR) is 131 cm³/mol. The molecule has 0 aliphatic heterocycles. The third-order valence-electron chi connectivity index (χ3n) is 5.13. The standard InChI is InChI=1S/C25H24N4O3S/c1-29-21-12-5-4-11-20(21)28-23(29)15-26-25(31)19-10-3-6-13-22(19)33-16-24(30)27-17-8-7-9-18(14-17)32-2/h3-14H,15-16H2,1-2H3,(H,26,31)(H,27,30). The lowest BCUT2D eigenvalue weighted by Gasteiger charge is -2.11. The second kappa shape index (κ2) is 10.2. The molecule has 33 heavy (non-hydrogen) atoms. The normalized spacial score (nSPS) is 10.7. The molecule has 0 atom stereocenters. The second-order valence-electron chi connectivity index (χ2n) is 7.32. The van der Waals surface area contributed by atoms with Crippen LogP contribution in [0.15, 0.2) is 77.7 Å². The Balaban J connectivity index is 1.38.